The van der Waals surface area contributed by atoms with Crippen LogP contribution >= 0.6 is 0 Å². The van der Waals surface area contributed by atoms with Crippen LogP contribution in [0.3, 0.4) is 0 Å². The summed E-state index contributed by atoms with van der Waals surface area (Å²) in [5, 5.41) is 0. The fourth-order valence-electron chi connectivity index (χ4n) is 2.90. The Labute approximate surface area is 107 Å². The maximum atomic E-state index is 5.93. The lowest BCUT2D eigenvalue weighted by Gasteiger charge is -2.35. The van der Waals surface area contributed by atoms with Crippen molar-refractivity contribution < 1.29 is 4.74 Å². The Morgan fingerprint density at radius 1 is 1.41 bits per heavy atom. The Morgan fingerprint density at radius 2 is 2.18 bits per heavy atom. The number of likely N-dealkylation sites (N-methyl/N-ethyl adjacent to an activating group) is 1. The zero-order valence-electron chi connectivity index (χ0n) is 11.8. The van der Waals surface area contributed by atoms with Crippen LogP contribution in [0.5, 0.6) is 0 Å². The van der Waals surface area contributed by atoms with Gasteiger partial charge < -0.3 is 10.5 Å². The number of nitrogens with two attached hydrogens (primary N) is 1. The second kappa shape index (κ2) is 8.06. The lowest BCUT2D eigenvalue weighted by Crippen LogP contribution is -2.46. The third-order valence-corrected chi connectivity index (χ3v) is 3.97. The number of hydrogen-bond acceptors (Lipinski definition) is 3. The maximum absolute atomic E-state index is 5.93. The van der Waals surface area contributed by atoms with Crippen molar-refractivity contribution in [2.75, 3.05) is 26.7 Å². The Hall–Kier alpha value is -0.120. The molecule has 17 heavy (non-hydrogen) atoms. The van der Waals surface area contributed by atoms with Crippen molar-refractivity contribution in [1.29, 1.82) is 0 Å². The first-order valence-corrected chi connectivity index (χ1v) is 7.21. The molecule has 3 heteroatoms. The topological polar surface area (TPSA) is 38.5 Å². The van der Waals surface area contributed by atoms with Gasteiger partial charge in [0, 0.05) is 25.7 Å². The standard InChI is InChI=1S/C14H30N2O/c1-4-7-12(2)14(10-15)16(3)11-13-8-5-6-9-17-13/h12-14H,4-11,15H2,1-3H3. The summed E-state index contributed by atoms with van der Waals surface area (Å²) in [4.78, 5) is 2.41. The predicted molar refractivity (Wildman–Crippen MR) is 73.1 cm³/mol. The molecule has 1 aliphatic heterocycles. The van der Waals surface area contributed by atoms with Crippen LogP contribution in [0.15, 0.2) is 0 Å². The van der Waals surface area contributed by atoms with Crippen LogP contribution in [0.1, 0.15) is 46.0 Å². The zero-order valence-corrected chi connectivity index (χ0v) is 11.8. The van der Waals surface area contributed by atoms with Gasteiger partial charge in [-0.1, -0.05) is 20.3 Å². The van der Waals surface area contributed by atoms with E-state index in [0.717, 1.165) is 19.7 Å². The smallest absolute Gasteiger partial charge is 0.0702 e. The van der Waals surface area contributed by atoms with E-state index in [1.54, 1.807) is 0 Å². The molecule has 1 aliphatic rings. The summed E-state index contributed by atoms with van der Waals surface area (Å²) < 4.78 is 5.80. The maximum Gasteiger partial charge on any atom is 0.0702 e. The summed E-state index contributed by atoms with van der Waals surface area (Å²) in [6.45, 7) is 7.30. The monoisotopic (exact) mass is 242 g/mol. The number of nitrogens with zero attached hydrogens (tertiary/aromatic N) is 1. The molecule has 0 aromatic heterocycles. The fourth-order valence-corrected chi connectivity index (χ4v) is 2.90. The van der Waals surface area contributed by atoms with E-state index in [9.17, 15) is 0 Å². The highest BCUT2D eigenvalue weighted by Crippen LogP contribution is 2.18. The molecule has 3 atom stereocenters. The van der Waals surface area contributed by atoms with Crippen LogP contribution in [0.2, 0.25) is 0 Å². The highest BCUT2D eigenvalue weighted by atomic mass is 16.5. The van der Waals surface area contributed by atoms with Gasteiger partial charge in [-0.05, 0) is 38.6 Å². The molecule has 0 radical (unpaired) electrons. The Bertz CT molecular complexity index is 193. The summed E-state index contributed by atoms with van der Waals surface area (Å²) in [5.74, 6) is 0.679. The fraction of sp³-hybridized carbons (Fsp3) is 1.00. The van der Waals surface area contributed by atoms with Crippen LogP contribution in [0.4, 0.5) is 0 Å². The van der Waals surface area contributed by atoms with Crippen LogP contribution in [0, 0.1) is 5.92 Å². The number of hydrogen-bond donors (Lipinski definition) is 1. The molecule has 1 saturated heterocycles. The predicted octanol–water partition coefficient (Wildman–Crippen LogP) is 2.25. The van der Waals surface area contributed by atoms with Crippen molar-refractivity contribution in [3.05, 3.63) is 0 Å². The minimum absolute atomic E-state index is 0.427. The molecule has 0 amide bonds. The second-order valence-corrected chi connectivity index (χ2v) is 5.50. The van der Waals surface area contributed by atoms with Gasteiger partial charge in [-0.3, -0.25) is 4.90 Å². The van der Waals surface area contributed by atoms with E-state index in [2.05, 4.69) is 25.8 Å². The van der Waals surface area contributed by atoms with Crippen molar-refractivity contribution in [1.82, 2.24) is 4.90 Å². The molecule has 0 aromatic rings. The first-order valence-electron chi connectivity index (χ1n) is 7.21. The highest BCUT2D eigenvalue weighted by molar-refractivity contribution is 4.78. The van der Waals surface area contributed by atoms with Crippen LogP contribution < -0.4 is 5.73 Å². The summed E-state index contributed by atoms with van der Waals surface area (Å²) in [6.07, 6.45) is 6.69. The first-order chi connectivity index (χ1) is 8.19. The van der Waals surface area contributed by atoms with E-state index in [1.807, 2.05) is 0 Å². The number of ether oxygens (including phenoxy) is 1. The molecule has 2 N–H and O–H groups in total. The van der Waals surface area contributed by atoms with Gasteiger partial charge in [-0.25, -0.2) is 0 Å². The molecule has 0 saturated carbocycles. The summed E-state index contributed by atoms with van der Waals surface area (Å²) in [7, 11) is 2.20. The molecule has 3 unspecified atom stereocenters. The van der Waals surface area contributed by atoms with E-state index in [-0.39, 0.29) is 0 Å². The third kappa shape index (κ3) is 4.94. The lowest BCUT2D eigenvalue weighted by atomic mass is 9.95. The van der Waals surface area contributed by atoms with Gasteiger partial charge in [0.05, 0.1) is 6.10 Å². The Balaban J connectivity index is 2.38. The van der Waals surface area contributed by atoms with Gasteiger partial charge in [0.25, 0.3) is 0 Å². The minimum Gasteiger partial charge on any atom is -0.377 e. The normalized spacial score (nSPS) is 24.9. The average Bonchev–Trinajstić information content (AvgIpc) is 2.31. The van der Waals surface area contributed by atoms with E-state index in [4.69, 9.17) is 10.5 Å². The van der Waals surface area contributed by atoms with E-state index < -0.39 is 0 Å². The van der Waals surface area contributed by atoms with Crippen molar-refractivity contribution >= 4 is 0 Å². The second-order valence-electron chi connectivity index (χ2n) is 5.50. The third-order valence-electron chi connectivity index (χ3n) is 3.97. The van der Waals surface area contributed by atoms with E-state index in [0.29, 0.717) is 18.1 Å². The molecule has 0 spiro atoms. The lowest BCUT2D eigenvalue weighted by molar-refractivity contribution is -0.0118. The van der Waals surface area contributed by atoms with Crippen molar-refractivity contribution in [2.24, 2.45) is 11.7 Å². The molecule has 102 valence electrons. The molecule has 0 aromatic carbocycles. The van der Waals surface area contributed by atoms with Crippen LogP contribution in [0.25, 0.3) is 0 Å². The van der Waals surface area contributed by atoms with Gasteiger partial charge in [0.1, 0.15) is 0 Å². The minimum atomic E-state index is 0.427. The van der Waals surface area contributed by atoms with Gasteiger partial charge in [-0.2, -0.15) is 0 Å². The first kappa shape index (κ1) is 14.9. The summed E-state index contributed by atoms with van der Waals surface area (Å²) in [6, 6.07) is 0.500. The van der Waals surface area contributed by atoms with Gasteiger partial charge in [-0.15, -0.1) is 0 Å². The van der Waals surface area contributed by atoms with Gasteiger partial charge >= 0.3 is 0 Å². The van der Waals surface area contributed by atoms with Crippen molar-refractivity contribution in [3.8, 4) is 0 Å². The molecule has 1 fully saturated rings. The van der Waals surface area contributed by atoms with E-state index in [1.165, 1.54) is 32.1 Å². The molecule has 1 heterocycles. The largest absolute Gasteiger partial charge is 0.377 e. The van der Waals surface area contributed by atoms with Crippen LogP contribution in [-0.4, -0.2) is 43.8 Å². The van der Waals surface area contributed by atoms with Gasteiger partial charge in [0.15, 0.2) is 0 Å². The Morgan fingerprint density at radius 3 is 2.71 bits per heavy atom. The quantitative estimate of drug-likeness (QED) is 0.744. The SMILES string of the molecule is CCCC(C)C(CN)N(C)CC1CCCCO1. The van der Waals surface area contributed by atoms with E-state index >= 15 is 0 Å². The van der Waals surface area contributed by atoms with Crippen molar-refractivity contribution in [2.45, 2.75) is 58.1 Å². The molecular weight excluding hydrogens is 212 g/mol. The molecule has 0 aliphatic carbocycles. The van der Waals surface area contributed by atoms with Crippen molar-refractivity contribution in [3.63, 3.8) is 0 Å². The summed E-state index contributed by atoms with van der Waals surface area (Å²) >= 11 is 0. The highest BCUT2D eigenvalue weighted by Gasteiger charge is 2.23. The zero-order chi connectivity index (χ0) is 12.7. The average molecular weight is 242 g/mol. The van der Waals surface area contributed by atoms with Crippen LogP contribution in [-0.2, 0) is 4.74 Å². The Kier molecular flexibility index (Phi) is 7.09. The number of rotatable bonds is 7. The molecule has 1 rings (SSSR count). The molecular formula is C14H30N2O. The van der Waals surface area contributed by atoms with Gasteiger partial charge in [0.2, 0.25) is 0 Å². The molecule has 0 bridgehead atoms. The molecule has 3 nitrogen and oxygen atoms in total. The summed E-state index contributed by atoms with van der Waals surface area (Å²) in [5.41, 5.74) is 5.93.